The number of nitrogens with one attached hydrogen (secondary N) is 1. The van der Waals surface area contributed by atoms with E-state index in [-0.39, 0.29) is 29.2 Å². The Morgan fingerprint density at radius 3 is 2.47 bits per heavy atom. The van der Waals surface area contributed by atoms with Gasteiger partial charge in [-0.25, -0.2) is 9.36 Å². The van der Waals surface area contributed by atoms with Crippen LogP contribution in [0.15, 0.2) is 75.7 Å². The quantitative estimate of drug-likeness (QED) is 0.212. The van der Waals surface area contributed by atoms with Crippen molar-refractivity contribution < 1.29 is 20.1 Å². The summed E-state index contributed by atoms with van der Waals surface area (Å²) in [6.07, 6.45) is -2.04. The van der Waals surface area contributed by atoms with Crippen LogP contribution in [0.25, 0.3) is 16.9 Å². The number of aliphatic hydroxyl groups excluding tert-OH is 3. The number of anilines is 1. The molecule has 4 aromatic rings. The Morgan fingerprint density at radius 1 is 1.13 bits per heavy atom. The van der Waals surface area contributed by atoms with Crippen LogP contribution in [-0.2, 0) is 11.3 Å². The Balaban J connectivity index is 0.000000204. The minimum atomic E-state index is -1.50. The lowest BCUT2D eigenvalue weighted by Crippen LogP contribution is -2.36. The normalized spacial score (nSPS) is 20.7. The summed E-state index contributed by atoms with van der Waals surface area (Å²) in [5, 5.41) is 29.2. The number of nitrogens with zero attached hydrogens (tertiary/aromatic N) is 4. The first kappa shape index (κ1) is 26.8. The van der Waals surface area contributed by atoms with Gasteiger partial charge in [-0.15, -0.1) is 6.58 Å². The number of aliphatic hydroxyl groups is 3. The first-order valence-electron chi connectivity index (χ1n) is 11.7. The number of hydrogen-bond donors (Lipinski definition) is 5. The third-order valence-electron chi connectivity index (χ3n) is 6.01. The highest BCUT2D eigenvalue weighted by Crippen LogP contribution is 2.30. The molecule has 1 fully saturated rings. The van der Waals surface area contributed by atoms with Gasteiger partial charge in [-0.2, -0.15) is 4.98 Å². The number of aromatic amines is 1. The molecule has 0 spiro atoms. The van der Waals surface area contributed by atoms with E-state index in [1.807, 2.05) is 49.5 Å². The highest BCUT2D eigenvalue weighted by atomic mass is 16.6. The van der Waals surface area contributed by atoms with Crippen molar-refractivity contribution in [3.63, 3.8) is 0 Å². The minimum Gasteiger partial charge on any atom is -0.394 e. The maximum atomic E-state index is 12.7. The van der Waals surface area contributed by atoms with Gasteiger partial charge in [-0.3, -0.25) is 23.7 Å². The zero-order valence-corrected chi connectivity index (χ0v) is 20.5. The minimum absolute atomic E-state index is 0.00167. The van der Waals surface area contributed by atoms with E-state index in [2.05, 4.69) is 16.5 Å². The average molecular weight is 525 g/mol. The van der Waals surface area contributed by atoms with Crippen molar-refractivity contribution in [3.8, 4) is 5.69 Å². The average Bonchev–Trinajstić information content (AvgIpc) is 3.33. The molecular formula is C25H28N6O7. The molecule has 4 atom stereocenters. The summed E-state index contributed by atoms with van der Waals surface area (Å²) in [5.41, 5.74) is 6.03. The van der Waals surface area contributed by atoms with Crippen molar-refractivity contribution in [1.82, 2.24) is 23.7 Å². The number of nitrogens with two attached hydrogens (primary N) is 1. The van der Waals surface area contributed by atoms with Crippen molar-refractivity contribution >= 4 is 17.1 Å². The monoisotopic (exact) mass is 524 g/mol. The number of para-hydroxylation sites is 1. The molecule has 6 N–H and O–H groups in total. The number of pyridine rings is 1. The predicted molar refractivity (Wildman–Crippen MR) is 139 cm³/mol. The van der Waals surface area contributed by atoms with Crippen molar-refractivity contribution in [2.75, 3.05) is 12.3 Å². The first-order valence-corrected chi connectivity index (χ1v) is 11.7. The Labute approximate surface area is 215 Å². The van der Waals surface area contributed by atoms with Gasteiger partial charge in [0.1, 0.15) is 18.3 Å². The molecule has 0 bridgehead atoms. The third-order valence-corrected chi connectivity index (χ3v) is 6.01. The topological polar surface area (TPSA) is 191 Å². The van der Waals surface area contributed by atoms with E-state index in [9.17, 15) is 29.7 Å². The molecule has 38 heavy (non-hydrogen) atoms. The molecule has 0 unspecified atom stereocenters. The SMILES string of the molecule is C=CCn1c(=O)n([C@@H]2O[C@H](CO)[C@@H](O)[C@H]2O)c2nc(N)[nH]c(=O)c21.Cc1ccc(=O)n(-c2ccccc2)c1. The summed E-state index contributed by atoms with van der Waals surface area (Å²) < 4.78 is 9.05. The molecule has 5 rings (SSSR count). The van der Waals surface area contributed by atoms with E-state index in [4.69, 9.17) is 10.5 Å². The summed E-state index contributed by atoms with van der Waals surface area (Å²) in [5.74, 6) is -0.219. The lowest BCUT2D eigenvalue weighted by Gasteiger charge is -2.15. The van der Waals surface area contributed by atoms with Crippen molar-refractivity contribution in [2.24, 2.45) is 0 Å². The molecule has 1 aromatic carbocycles. The summed E-state index contributed by atoms with van der Waals surface area (Å²) in [4.78, 5) is 42.6. The lowest BCUT2D eigenvalue weighted by molar-refractivity contribution is -0.0527. The number of imidazole rings is 1. The number of H-pyrrole nitrogens is 1. The van der Waals surface area contributed by atoms with Gasteiger partial charge in [0.25, 0.3) is 11.1 Å². The van der Waals surface area contributed by atoms with Crippen LogP contribution in [0.3, 0.4) is 0 Å². The van der Waals surface area contributed by atoms with Crippen molar-refractivity contribution in [2.45, 2.75) is 38.0 Å². The molecule has 13 nitrogen and oxygen atoms in total. The molecular weight excluding hydrogens is 496 g/mol. The number of allylic oxidation sites excluding steroid dienone is 1. The van der Waals surface area contributed by atoms with Gasteiger partial charge in [0.2, 0.25) is 5.95 Å². The van der Waals surface area contributed by atoms with Crippen LogP contribution in [0.2, 0.25) is 0 Å². The highest BCUT2D eigenvalue weighted by Gasteiger charge is 2.45. The summed E-state index contributed by atoms with van der Waals surface area (Å²) in [6, 6.07) is 13.0. The second-order valence-corrected chi connectivity index (χ2v) is 8.65. The van der Waals surface area contributed by atoms with Gasteiger partial charge < -0.3 is 25.8 Å². The highest BCUT2D eigenvalue weighted by molar-refractivity contribution is 5.71. The number of fused-ring (bicyclic) bond motifs is 1. The maximum Gasteiger partial charge on any atom is 0.333 e. The predicted octanol–water partition coefficient (Wildman–Crippen LogP) is -0.588. The van der Waals surface area contributed by atoms with E-state index in [0.29, 0.717) is 0 Å². The molecule has 0 saturated carbocycles. The Bertz CT molecular complexity index is 1620. The molecule has 200 valence electrons. The fourth-order valence-electron chi connectivity index (χ4n) is 4.20. The van der Waals surface area contributed by atoms with Crippen LogP contribution in [0.4, 0.5) is 5.95 Å². The van der Waals surface area contributed by atoms with Crippen LogP contribution < -0.4 is 22.5 Å². The van der Waals surface area contributed by atoms with Gasteiger partial charge in [0, 0.05) is 24.5 Å². The van der Waals surface area contributed by atoms with Gasteiger partial charge in [0.05, 0.1) is 6.61 Å². The zero-order chi connectivity index (χ0) is 27.6. The number of rotatable bonds is 5. The molecule has 1 aliphatic heterocycles. The van der Waals surface area contributed by atoms with Crippen molar-refractivity contribution in [1.29, 1.82) is 0 Å². The smallest absolute Gasteiger partial charge is 0.333 e. The Morgan fingerprint density at radius 2 is 1.84 bits per heavy atom. The zero-order valence-electron chi connectivity index (χ0n) is 20.5. The van der Waals surface area contributed by atoms with Crippen LogP contribution in [0.1, 0.15) is 11.8 Å². The number of aryl methyl sites for hydroxylation is 1. The summed E-state index contributed by atoms with van der Waals surface area (Å²) >= 11 is 0. The van der Waals surface area contributed by atoms with E-state index in [1.54, 1.807) is 10.6 Å². The molecule has 13 heteroatoms. The van der Waals surface area contributed by atoms with Gasteiger partial charge in [-0.1, -0.05) is 30.3 Å². The fourth-order valence-corrected chi connectivity index (χ4v) is 4.20. The van der Waals surface area contributed by atoms with E-state index in [1.165, 1.54) is 6.08 Å². The number of hydrogen-bond acceptors (Lipinski definition) is 9. The maximum absolute atomic E-state index is 12.7. The van der Waals surface area contributed by atoms with Crippen LogP contribution in [0, 0.1) is 6.92 Å². The number of ether oxygens (including phenoxy) is 1. The standard InChI is InChI=1S/C13H17N5O6.C12H11NO/c1-2-3-17-6-9(15-12(14)16-10(6)22)18(13(17)23)11-8(21)7(20)5(4-19)24-11;1-10-7-8-12(14)13(9-10)11-5-3-2-4-6-11/h2,5,7-8,11,19-21H,1,3-4H2,(H3,14,15,16,22);2-9H,1H3/t5-,7-,8-,11-;/m1./s1. The fraction of sp³-hybridized carbons (Fsp3) is 0.280. The first-order chi connectivity index (χ1) is 18.2. The van der Waals surface area contributed by atoms with Gasteiger partial charge in [0.15, 0.2) is 17.4 Å². The molecule has 1 saturated heterocycles. The number of aromatic nitrogens is 5. The number of nitrogen functional groups attached to an aromatic ring is 1. The second kappa shape index (κ2) is 11.0. The Hall–Kier alpha value is -4.30. The van der Waals surface area contributed by atoms with Crippen molar-refractivity contribution in [3.05, 3.63) is 98.1 Å². The third kappa shape index (κ3) is 4.95. The van der Waals surface area contributed by atoms with Crippen LogP contribution in [0.5, 0.6) is 0 Å². The lowest BCUT2D eigenvalue weighted by atomic mass is 10.1. The van der Waals surface area contributed by atoms with Gasteiger partial charge >= 0.3 is 5.69 Å². The molecule has 1 aliphatic rings. The molecule has 0 radical (unpaired) electrons. The largest absolute Gasteiger partial charge is 0.394 e. The molecule has 4 heterocycles. The Kier molecular flexibility index (Phi) is 7.73. The summed E-state index contributed by atoms with van der Waals surface area (Å²) in [6.45, 7) is 4.97. The van der Waals surface area contributed by atoms with Crippen LogP contribution >= 0.6 is 0 Å². The summed E-state index contributed by atoms with van der Waals surface area (Å²) in [7, 11) is 0. The van der Waals surface area contributed by atoms with E-state index < -0.39 is 42.4 Å². The second-order valence-electron chi connectivity index (χ2n) is 8.65. The van der Waals surface area contributed by atoms with Gasteiger partial charge in [-0.05, 0) is 24.6 Å². The van der Waals surface area contributed by atoms with E-state index >= 15 is 0 Å². The van der Waals surface area contributed by atoms with E-state index in [0.717, 1.165) is 20.4 Å². The molecule has 0 amide bonds. The molecule has 3 aromatic heterocycles. The molecule has 0 aliphatic carbocycles. The van der Waals surface area contributed by atoms with Crippen LogP contribution in [-0.4, -0.2) is 63.9 Å². The number of benzene rings is 1.